The normalized spacial score (nSPS) is 15.1. The van der Waals surface area contributed by atoms with Crippen molar-refractivity contribution in [2.75, 3.05) is 0 Å². The molecular formula is C11H17N3O. The van der Waals surface area contributed by atoms with Crippen molar-refractivity contribution in [1.82, 2.24) is 15.5 Å². The van der Waals surface area contributed by atoms with Gasteiger partial charge in [-0.05, 0) is 40.0 Å². The summed E-state index contributed by atoms with van der Waals surface area (Å²) in [6.07, 6.45) is 3.11. The SMILES string of the molecule is CC(C)(C)NC(=O)c1n[nH]c2c1CCC2. The van der Waals surface area contributed by atoms with E-state index < -0.39 is 0 Å². The third-order valence-corrected chi connectivity index (χ3v) is 2.51. The quantitative estimate of drug-likeness (QED) is 0.731. The Hall–Kier alpha value is -1.32. The molecule has 0 bridgehead atoms. The highest BCUT2D eigenvalue weighted by Crippen LogP contribution is 2.22. The number of hydrogen-bond acceptors (Lipinski definition) is 2. The molecule has 0 unspecified atom stereocenters. The fourth-order valence-corrected chi connectivity index (χ4v) is 1.91. The lowest BCUT2D eigenvalue weighted by Crippen LogP contribution is -2.41. The van der Waals surface area contributed by atoms with E-state index in [0.29, 0.717) is 5.69 Å². The number of nitrogens with one attached hydrogen (secondary N) is 2. The van der Waals surface area contributed by atoms with Gasteiger partial charge in [0.15, 0.2) is 5.69 Å². The van der Waals surface area contributed by atoms with Gasteiger partial charge < -0.3 is 5.32 Å². The number of carbonyl (C=O) groups is 1. The highest BCUT2D eigenvalue weighted by atomic mass is 16.2. The molecule has 4 heteroatoms. The highest BCUT2D eigenvalue weighted by molar-refractivity contribution is 5.94. The van der Waals surface area contributed by atoms with Crippen molar-refractivity contribution < 1.29 is 4.79 Å². The Labute approximate surface area is 89.5 Å². The molecule has 0 aromatic carbocycles. The lowest BCUT2D eigenvalue weighted by atomic mass is 10.1. The first-order chi connectivity index (χ1) is 6.97. The molecular weight excluding hydrogens is 190 g/mol. The summed E-state index contributed by atoms with van der Waals surface area (Å²) in [5, 5.41) is 9.96. The summed E-state index contributed by atoms with van der Waals surface area (Å²) >= 11 is 0. The van der Waals surface area contributed by atoms with Crippen LogP contribution < -0.4 is 5.32 Å². The molecule has 1 aromatic rings. The zero-order chi connectivity index (χ0) is 11.1. The van der Waals surface area contributed by atoms with Crippen LogP contribution in [0.3, 0.4) is 0 Å². The van der Waals surface area contributed by atoms with E-state index in [-0.39, 0.29) is 11.4 Å². The number of aryl methyl sites for hydroxylation is 1. The maximum absolute atomic E-state index is 11.9. The number of nitrogens with zero attached hydrogens (tertiary/aromatic N) is 1. The Balaban J connectivity index is 2.20. The van der Waals surface area contributed by atoms with Crippen LogP contribution in [-0.4, -0.2) is 21.6 Å². The maximum atomic E-state index is 11.9. The van der Waals surface area contributed by atoms with Crippen molar-refractivity contribution in [3.8, 4) is 0 Å². The van der Waals surface area contributed by atoms with Crippen LogP contribution >= 0.6 is 0 Å². The Morgan fingerprint density at radius 1 is 1.40 bits per heavy atom. The molecule has 1 aliphatic carbocycles. The van der Waals surface area contributed by atoms with Gasteiger partial charge in [-0.1, -0.05) is 0 Å². The van der Waals surface area contributed by atoms with Crippen LogP contribution in [0, 0.1) is 0 Å². The van der Waals surface area contributed by atoms with Crippen LogP contribution in [0.2, 0.25) is 0 Å². The third-order valence-electron chi connectivity index (χ3n) is 2.51. The fraction of sp³-hybridized carbons (Fsp3) is 0.636. The zero-order valence-electron chi connectivity index (χ0n) is 9.48. The van der Waals surface area contributed by atoms with E-state index in [0.717, 1.165) is 30.5 Å². The monoisotopic (exact) mass is 207 g/mol. The van der Waals surface area contributed by atoms with Crippen LogP contribution in [0.1, 0.15) is 48.9 Å². The highest BCUT2D eigenvalue weighted by Gasteiger charge is 2.25. The van der Waals surface area contributed by atoms with Gasteiger partial charge in [-0.25, -0.2) is 0 Å². The van der Waals surface area contributed by atoms with Crippen LogP contribution in [0.25, 0.3) is 0 Å². The topological polar surface area (TPSA) is 57.8 Å². The van der Waals surface area contributed by atoms with Crippen molar-refractivity contribution in [3.05, 3.63) is 17.0 Å². The van der Waals surface area contributed by atoms with Gasteiger partial charge in [-0.3, -0.25) is 9.89 Å². The van der Waals surface area contributed by atoms with E-state index in [1.165, 1.54) is 0 Å². The second kappa shape index (κ2) is 3.36. The summed E-state index contributed by atoms with van der Waals surface area (Å²) in [7, 11) is 0. The van der Waals surface area contributed by atoms with Crippen LogP contribution in [0.4, 0.5) is 0 Å². The summed E-state index contributed by atoms with van der Waals surface area (Å²) in [5.41, 5.74) is 2.62. The van der Waals surface area contributed by atoms with E-state index in [9.17, 15) is 4.79 Å². The average molecular weight is 207 g/mol. The summed E-state index contributed by atoms with van der Waals surface area (Å²) < 4.78 is 0. The second-order valence-electron chi connectivity index (χ2n) is 5.09. The molecule has 82 valence electrons. The largest absolute Gasteiger partial charge is 0.346 e. The number of aromatic nitrogens is 2. The molecule has 15 heavy (non-hydrogen) atoms. The fourth-order valence-electron chi connectivity index (χ4n) is 1.91. The molecule has 0 radical (unpaired) electrons. The summed E-state index contributed by atoms with van der Waals surface area (Å²) in [4.78, 5) is 11.9. The Morgan fingerprint density at radius 3 is 2.80 bits per heavy atom. The first-order valence-corrected chi connectivity index (χ1v) is 5.36. The molecule has 1 heterocycles. The van der Waals surface area contributed by atoms with E-state index in [2.05, 4.69) is 15.5 Å². The molecule has 2 rings (SSSR count). The van der Waals surface area contributed by atoms with Crippen LogP contribution in [-0.2, 0) is 12.8 Å². The molecule has 1 amide bonds. The van der Waals surface area contributed by atoms with Gasteiger partial charge in [-0.2, -0.15) is 5.10 Å². The van der Waals surface area contributed by atoms with Gasteiger partial charge in [0.05, 0.1) is 0 Å². The van der Waals surface area contributed by atoms with E-state index in [4.69, 9.17) is 0 Å². The average Bonchev–Trinajstić information content (AvgIpc) is 2.57. The maximum Gasteiger partial charge on any atom is 0.272 e. The molecule has 0 fully saturated rings. The number of aromatic amines is 1. The molecule has 1 aromatic heterocycles. The zero-order valence-corrected chi connectivity index (χ0v) is 9.48. The minimum absolute atomic E-state index is 0.0677. The van der Waals surface area contributed by atoms with Crippen LogP contribution in [0.5, 0.6) is 0 Å². The molecule has 0 saturated carbocycles. The number of carbonyl (C=O) groups excluding carboxylic acids is 1. The van der Waals surface area contributed by atoms with Gasteiger partial charge in [0.25, 0.3) is 5.91 Å². The second-order valence-corrected chi connectivity index (χ2v) is 5.09. The van der Waals surface area contributed by atoms with Gasteiger partial charge >= 0.3 is 0 Å². The molecule has 0 saturated heterocycles. The van der Waals surface area contributed by atoms with Gasteiger partial charge in [0.2, 0.25) is 0 Å². The van der Waals surface area contributed by atoms with Crippen molar-refractivity contribution in [3.63, 3.8) is 0 Å². The van der Waals surface area contributed by atoms with E-state index in [1.807, 2.05) is 20.8 Å². The summed E-state index contributed by atoms with van der Waals surface area (Å²) in [6.45, 7) is 5.91. The minimum Gasteiger partial charge on any atom is -0.346 e. The number of amides is 1. The molecule has 4 nitrogen and oxygen atoms in total. The summed E-state index contributed by atoms with van der Waals surface area (Å²) in [6, 6.07) is 0. The Bertz CT molecular complexity index is 387. The van der Waals surface area contributed by atoms with Crippen LogP contribution in [0.15, 0.2) is 0 Å². The predicted molar refractivity (Wildman–Crippen MR) is 57.8 cm³/mol. The molecule has 0 atom stereocenters. The first-order valence-electron chi connectivity index (χ1n) is 5.36. The van der Waals surface area contributed by atoms with Crippen molar-refractivity contribution in [1.29, 1.82) is 0 Å². The molecule has 1 aliphatic rings. The first kappa shape index (κ1) is 10.2. The number of H-pyrrole nitrogens is 1. The van der Waals surface area contributed by atoms with Gasteiger partial charge in [0, 0.05) is 16.8 Å². The molecule has 2 N–H and O–H groups in total. The molecule has 0 aliphatic heterocycles. The minimum atomic E-state index is -0.207. The number of fused-ring (bicyclic) bond motifs is 1. The van der Waals surface area contributed by atoms with Crippen molar-refractivity contribution in [2.45, 2.75) is 45.6 Å². The Morgan fingerprint density at radius 2 is 2.13 bits per heavy atom. The number of rotatable bonds is 1. The number of hydrogen-bond donors (Lipinski definition) is 2. The lowest BCUT2D eigenvalue weighted by molar-refractivity contribution is 0.0913. The summed E-state index contributed by atoms with van der Waals surface area (Å²) in [5.74, 6) is -0.0677. The smallest absolute Gasteiger partial charge is 0.272 e. The van der Waals surface area contributed by atoms with Crippen molar-refractivity contribution in [2.24, 2.45) is 0 Å². The van der Waals surface area contributed by atoms with Gasteiger partial charge in [0.1, 0.15) is 0 Å². The van der Waals surface area contributed by atoms with Gasteiger partial charge in [-0.15, -0.1) is 0 Å². The van der Waals surface area contributed by atoms with E-state index in [1.54, 1.807) is 0 Å². The van der Waals surface area contributed by atoms with Crippen molar-refractivity contribution >= 4 is 5.91 Å². The predicted octanol–water partition coefficient (Wildman–Crippen LogP) is 1.43. The standard InChI is InChI=1S/C11H17N3O/c1-11(2,3)12-10(15)9-7-5-4-6-8(7)13-14-9/h4-6H2,1-3H3,(H,12,15)(H,13,14). The van der Waals surface area contributed by atoms with E-state index >= 15 is 0 Å². The molecule has 0 spiro atoms. The Kier molecular flexibility index (Phi) is 2.29. The third kappa shape index (κ3) is 2.03. The lowest BCUT2D eigenvalue weighted by Gasteiger charge is -2.19.